The summed E-state index contributed by atoms with van der Waals surface area (Å²) in [4.78, 5) is 12.8. The lowest BCUT2D eigenvalue weighted by Gasteiger charge is -2.29. The van der Waals surface area contributed by atoms with Gasteiger partial charge in [-0.1, -0.05) is 41.0 Å². The van der Waals surface area contributed by atoms with Crippen molar-refractivity contribution in [1.29, 1.82) is 0 Å². The van der Waals surface area contributed by atoms with Crippen LogP contribution in [0.25, 0.3) is 0 Å². The summed E-state index contributed by atoms with van der Waals surface area (Å²) in [5.41, 5.74) is 0. The van der Waals surface area contributed by atoms with Gasteiger partial charge in [-0.3, -0.25) is 4.79 Å². The van der Waals surface area contributed by atoms with E-state index in [0.717, 1.165) is 19.0 Å². The number of hydrogen-bond donors (Lipinski definition) is 0. The summed E-state index contributed by atoms with van der Waals surface area (Å²) in [7, 11) is 0. The van der Waals surface area contributed by atoms with Crippen molar-refractivity contribution in [2.24, 2.45) is 5.92 Å². The molecule has 0 aromatic heterocycles. The van der Waals surface area contributed by atoms with Gasteiger partial charge in [0.25, 0.3) is 0 Å². The summed E-state index contributed by atoms with van der Waals surface area (Å²) in [5, 5.41) is 0. The third kappa shape index (κ3) is 9.77. The molecule has 15 heavy (non-hydrogen) atoms. The first-order valence-electron chi connectivity index (χ1n) is 6.37. The van der Waals surface area contributed by atoms with Crippen molar-refractivity contribution in [3.05, 3.63) is 0 Å². The Bertz CT molecular complexity index is 137. The molecule has 1 heterocycles. The number of nitrogens with zero attached hydrogens (tertiary/aromatic N) is 1. The molecule has 0 aromatic carbocycles. The fourth-order valence-corrected chi connectivity index (χ4v) is 1.32. The molecule has 0 N–H and O–H groups in total. The summed E-state index contributed by atoms with van der Waals surface area (Å²) in [6.07, 6.45) is 3.61. The number of rotatable bonds is 0. The van der Waals surface area contributed by atoms with Crippen LogP contribution in [0.3, 0.4) is 0 Å². The number of amides is 1. The lowest BCUT2D eigenvalue weighted by atomic mass is 9.99. The predicted molar refractivity (Wildman–Crippen MR) is 68.0 cm³/mol. The van der Waals surface area contributed by atoms with Crippen molar-refractivity contribution >= 4 is 5.91 Å². The zero-order valence-electron chi connectivity index (χ0n) is 11.5. The van der Waals surface area contributed by atoms with E-state index in [4.69, 9.17) is 0 Å². The van der Waals surface area contributed by atoms with Crippen LogP contribution in [-0.2, 0) is 4.79 Å². The highest BCUT2D eigenvalue weighted by Gasteiger charge is 2.16. The molecular weight excluding hydrogens is 186 g/mol. The maximum atomic E-state index is 10.8. The molecule has 2 nitrogen and oxygen atoms in total. The van der Waals surface area contributed by atoms with E-state index in [9.17, 15) is 4.79 Å². The van der Waals surface area contributed by atoms with Gasteiger partial charge in [0.1, 0.15) is 0 Å². The Hall–Kier alpha value is -0.530. The minimum absolute atomic E-state index is 0.229. The van der Waals surface area contributed by atoms with Gasteiger partial charge in [0.15, 0.2) is 0 Å². The molecule has 1 fully saturated rings. The molecule has 0 radical (unpaired) electrons. The van der Waals surface area contributed by atoms with Crippen molar-refractivity contribution in [3.63, 3.8) is 0 Å². The number of carbonyl (C=O) groups is 1. The van der Waals surface area contributed by atoms with Crippen LogP contribution in [0.4, 0.5) is 0 Å². The quantitative estimate of drug-likeness (QED) is 0.603. The number of carbonyl (C=O) groups excluding carboxylic acids is 1. The predicted octanol–water partition coefficient (Wildman–Crippen LogP) is 3.71. The van der Waals surface area contributed by atoms with Gasteiger partial charge in [0.2, 0.25) is 5.91 Å². The lowest BCUT2D eigenvalue weighted by molar-refractivity contribution is -0.130. The van der Waals surface area contributed by atoms with Gasteiger partial charge in [-0.2, -0.15) is 0 Å². The van der Waals surface area contributed by atoms with Crippen LogP contribution in [0.5, 0.6) is 0 Å². The average molecular weight is 215 g/mol. The van der Waals surface area contributed by atoms with Crippen LogP contribution in [-0.4, -0.2) is 23.9 Å². The van der Waals surface area contributed by atoms with E-state index in [0.29, 0.717) is 0 Å². The molecule has 92 valence electrons. The van der Waals surface area contributed by atoms with Crippen molar-refractivity contribution < 1.29 is 4.79 Å². The first-order valence-corrected chi connectivity index (χ1v) is 6.37. The number of piperidine rings is 1. The molecular formula is C13H29NO. The van der Waals surface area contributed by atoms with Gasteiger partial charge >= 0.3 is 0 Å². The molecule has 0 aromatic rings. The second-order valence-corrected chi connectivity index (χ2v) is 3.90. The Kier molecular flexibility index (Phi) is 13.0. The standard InChI is InChI=1S/C8H15NO.C3H8.C2H6/c1-7-3-5-9(6-4-7)8(2)10;1-3-2;1-2/h7H,3-6H2,1-2H3;3H2,1-2H3;1-2H3. The van der Waals surface area contributed by atoms with E-state index in [1.807, 2.05) is 18.7 Å². The molecule has 1 rings (SSSR count). The fourth-order valence-electron chi connectivity index (χ4n) is 1.32. The molecule has 0 aliphatic carbocycles. The van der Waals surface area contributed by atoms with Crippen molar-refractivity contribution in [2.75, 3.05) is 13.1 Å². The Morgan fingerprint density at radius 1 is 1.20 bits per heavy atom. The molecule has 1 aliphatic rings. The summed E-state index contributed by atoms with van der Waals surface area (Å²) in [6.45, 7) is 14.1. The Morgan fingerprint density at radius 3 is 1.80 bits per heavy atom. The van der Waals surface area contributed by atoms with Gasteiger partial charge in [0, 0.05) is 20.0 Å². The van der Waals surface area contributed by atoms with Gasteiger partial charge in [-0.05, 0) is 18.8 Å². The summed E-state index contributed by atoms with van der Waals surface area (Å²) >= 11 is 0. The lowest BCUT2D eigenvalue weighted by Crippen LogP contribution is -2.36. The minimum atomic E-state index is 0.229. The van der Waals surface area contributed by atoms with E-state index in [1.54, 1.807) is 6.92 Å². The third-order valence-electron chi connectivity index (χ3n) is 2.23. The van der Waals surface area contributed by atoms with E-state index >= 15 is 0 Å². The average Bonchev–Trinajstić information content (AvgIpc) is 2.22. The Balaban J connectivity index is 0. The van der Waals surface area contributed by atoms with Crippen LogP contribution in [0, 0.1) is 5.92 Å². The zero-order valence-corrected chi connectivity index (χ0v) is 11.5. The van der Waals surface area contributed by atoms with E-state index in [1.165, 1.54) is 19.3 Å². The van der Waals surface area contributed by atoms with Gasteiger partial charge in [0.05, 0.1) is 0 Å². The van der Waals surface area contributed by atoms with Gasteiger partial charge in [-0.25, -0.2) is 0 Å². The maximum absolute atomic E-state index is 10.8. The second-order valence-electron chi connectivity index (χ2n) is 3.90. The molecule has 1 saturated heterocycles. The van der Waals surface area contributed by atoms with E-state index in [-0.39, 0.29) is 5.91 Å². The maximum Gasteiger partial charge on any atom is 0.219 e. The second kappa shape index (κ2) is 11.5. The third-order valence-corrected chi connectivity index (χ3v) is 2.23. The first kappa shape index (κ1) is 16.9. The smallest absolute Gasteiger partial charge is 0.219 e. The molecule has 0 atom stereocenters. The minimum Gasteiger partial charge on any atom is -0.343 e. The highest BCUT2D eigenvalue weighted by atomic mass is 16.2. The highest BCUT2D eigenvalue weighted by molar-refractivity contribution is 5.73. The van der Waals surface area contributed by atoms with Crippen LogP contribution in [0.15, 0.2) is 0 Å². The molecule has 1 amide bonds. The molecule has 1 aliphatic heterocycles. The Morgan fingerprint density at radius 2 is 1.53 bits per heavy atom. The van der Waals surface area contributed by atoms with Gasteiger partial charge < -0.3 is 4.90 Å². The van der Waals surface area contributed by atoms with Crippen molar-refractivity contribution in [3.8, 4) is 0 Å². The summed E-state index contributed by atoms with van der Waals surface area (Å²) in [6, 6.07) is 0. The van der Waals surface area contributed by atoms with Crippen molar-refractivity contribution in [1.82, 2.24) is 4.90 Å². The topological polar surface area (TPSA) is 20.3 Å². The molecule has 0 spiro atoms. The summed E-state index contributed by atoms with van der Waals surface area (Å²) < 4.78 is 0. The van der Waals surface area contributed by atoms with E-state index in [2.05, 4.69) is 20.8 Å². The number of hydrogen-bond acceptors (Lipinski definition) is 1. The SMILES string of the molecule is CC.CC(=O)N1CCC(C)CC1.CCC. The monoisotopic (exact) mass is 215 g/mol. The molecule has 0 unspecified atom stereocenters. The number of likely N-dealkylation sites (tertiary alicyclic amines) is 1. The molecule has 0 saturated carbocycles. The van der Waals surface area contributed by atoms with Crippen LogP contribution < -0.4 is 0 Å². The summed E-state index contributed by atoms with van der Waals surface area (Å²) in [5.74, 6) is 1.04. The highest BCUT2D eigenvalue weighted by Crippen LogP contribution is 2.15. The van der Waals surface area contributed by atoms with E-state index < -0.39 is 0 Å². The zero-order chi connectivity index (χ0) is 12.3. The molecule has 0 bridgehead atoms. The molecule has 2 heteroatoms. The van der Waals surface area contributed by atoms with Crippen LogP contribution in [0.1, 0.15) is 60.8 Å². The first-order chi connectivity index (χ1) is 7.11. The van der Waals surface area contributed by atoms with Crippen LogP contribution in [0.2, 0.25) is 0 Å². The Labute approximate surface area is 96.0 Å². The largest absolute Gasteiger partial charge is 0.343 e. The van der Waals surface area contributed by atoms with Crippen molar-refractivity contribution in [2.45, 2.75) is 60.8 Å². The van der Waals surface area contributed by atoms with Crippen LogP contribution >= 0.6 is 0 Å². The normalized spacial score (nSPS) is 15.7. The fraction of sp³-hybridized carbons (Fsp3) is 0.923. The van der Waals surface area contributed by atoms with Gasteiger partial charge in [-0.15, -0.1) is 0 Å².